The number of furan rings is 1. The molecule has 0 saturated heterocycles. The second-order valence-corrected chi connectivity index (χ2v) is 5.43. The van der Waals surface area contributed by atoms with E-state index in [1.54, 1.807) is 6.26 Å². The van der Waals surface area contributed by atoms with Gasteiger partial charge in [-0.2, -0.15) is 0 Å². The summed E-state index contributed by atoms with van der Waals surface area (Å²) >= 11 is 0. The Morgan fingerprint density at radius 3 is 2.79 bits per heavy atom. The molecule has 1 atom stereocenters. The van der Waals surface area contributed by atoms with Gasteiger partial charge in [-0.05, 0) is 48.4 Å². The molecule has 0 amide bonds. The number of aliphatic hydroxyl groups excluding tert-OH is 1. The molecule has 0 bridgehead atoms. The molecule has 3 rings (SSSR count). The van der Waals surface area contributed by atoms with E-state index in [0.717, 1.165) is 23.7 Å². The molecule has 1 aliphatic carbocycles. The number of aryl methyl sites for hydroxylation is 1. The van der Waals surface area contributed by atoms with Gasteiger partial charge in [0.05, 0.1) is 12.4 Å². The molecule has 1 heterocycles. The topological polar surface area (TPSA) is 33.4 Å². The summed E-state index contributed by atoms with van der Waals surface area (Å²) in [4.78, 5) is 0. The van der Waals surface area contributed by atoms with Crippen molar-refractivity contribution in [1.29, 1.82) is 0 Å². The SMILES string of the molecule is OC(CCc1ccco1)c1cccc(C2CCC2)c1. The van der Waals surface area contributed by atoms with Gasteiger partial charge in [-0.3, -0.25) is 0 Å². The third kappa shape index (κ3) is 2.90. The highest BCUT2D eigenvalue weighted by Crippen LogP contribution is 2.37. The molecule has 1 N–H and O–H groups in total. The van der Waals surface area contributed by atoms with Crippen molar-refractivity contribution in [2.24, 2.45) is 0 Å². The van der Waals surface area contributed by atoms with Crippen LogP contribution in [0.3, 0.4) is 0 Å². The van der Waals surface area contributed by atoms with E-state index in [0.29, 0.717) is 6.42 Å². The van der Waals surface area contributed by atoms with E-state index < -0.39 is 6.10 Å². The standard InChI is InChI=1S/C17H20O2/c18-17(10-9-16-8-3-11-19-16)15-7-2-6-14(12-15)13-4-1-5-13/h2-3,6-8,11-13,17-18H,1,4-5,9-10H2. The predicted molar refractivity (Wildman–Crippen MR) is 75.0 cm³/mol. The summed E-state index contributed by atoms with van der Waals surface area (Å²) in [5.74, 6) is 1.66. The third-order valence-electron chi connectivity index (χ3n) is 4.12. The fraction of sp³-hybridized carbons (Fsp3) is 0.412. The lowest BCUT2D eigenvalue weighted by molar-refractivity contribution is 0.165. The number of rotatable bonds is 5. The largest absolute Gasteiger partial charge is 0.469 e. The van der Waals surface area contributed by atoms with Gasteiger partial charge < -0.3 is 9.52 Å². The number of aliphatic hydroxyl groups is 1. The summed E-state index contributed by atoms with van der Waals surface area (Å²) in [6, 6.07) is 12.3. The van der Waals surface area contributed by atoms with Crippen molar-refractivity contribution in [2.75, 3.05) is 0 Å². The van der Waals surface area contributed by atoms with Gasteiger partial charge in [-0.25, -0.2) is 0 Å². The fourth-order valence-corrected chi connectivity index (χ4v) is 2.66. The molecular weight excluding hydrogens is 236 g/mol. The van der Waals surface area contributed by atoms with Crippen LogP contribution < -0.4 is 0 Å². The van der Waals surface area contributed by atoms with Crippen molar-refractivity contribution in [2.45, 2.75) is 44.1 Å². The van der Waals surface area contributed by atoms with E-state index in [1.165, 1.54) is 24.8 Å². The van der Waals surface area contributed by atoms with E-state index in [-0.39, 0.29) is 0 Å². The molecule has 1 unspecified atom stereocenters. The molecule has 0 radical (unpaired) electrons. The Hall–Kier alpha value is -1.54. The maximum absolute atomic E-state index is 10.3. The zero-order valence-electron chi connectivity index (χ0n) is 11.1. The van der Waals surface area contributed by atoms with E-state index in [4.69, 9.17) is 4.42 Å². The minimum absolute atomic E-state index is 0.398. The zero-order chi connectivity index (χ0) is 13.1. The van der Waals surface area contributed by atoms with Gasteiger partial charge in [0.15, 0.2) is 0 Å². The number of hydrogen-bond acceptors (Lipinski definition) is 2. The van der Waals surface area contributed by atoms with E-state index in [1.807, 2.05) is 18.2 Å². The van der Waals surface area contributed by atoms with Gasteiger partial charge >= 0.3 is 0 Å². The van der Waals surface area contributed by atoms with Crippen LogP contribution in [-0.4, -0.2) is 5.11 Å². The van der Waals surface area contributed by atoms with Gasteiger partial charge in [-0.15, -0.1) is 0 Å². The average molecular weight is 256 g/mol. The van der Waals surface area contributed by atoms with Crippen LogP contribution in [0.5, 0.6) is 0 Å². The Morgan fingerprint density at radius 2 is 2.11 bits per heavy atom. The molecule has 2 nitrogen and oxygen atoms in total. The summed E-state index contributed by atoms with van der Waals surface area (Å²) in [6.45, 7) is 0. The van der Waals surface area contributed by atoms with Crippen LogP contribution in [0.2, 0.25) is 0 Å². The molecule has 1 saturated carbocycles. The van der Waals surface area contributed by atoms with E-state index in [9.17, 15) is 5.11 Å². The Kier molecular flexibility index (Phi) is 3.69. The van der Waals surface area contributed by atoms with Crippen molar-refractivity contribution in [3.05, 3.63) is 59.5 Å². The number of hydrogen-bond donors (Lipinski definition) is 1. The normalized spacial score (nSPS) is 17.1. The van der Waals surface area contributed by atoms with Crippen LogP contribution in [-0.2, 0) is 6.42 Å². The molecule has 1 aromatic heterocycles. The lowest BCUT2D eigenvalue weighted by Gasteiger charge is -2.26. The minimum atomic E-state index is -0.398. The first-order valence-electron chi connectivity index (χ1n) is 7.13. The van der Waals surface area contributed by atoms with Gasteiger partial charge in [0, 0.05) is 6.42 Å². The van der Waals surface area contributed by atoms with Crippen LogP contribution in [0.25, 0.3) is 0 Å². The highest BCUT2D eigenvalue weighted by molar-refractivity contribution is 5.29. The average Bonchev–Trinajstić information content (AvgIpc) is 2.87. The van der Waals surface area contributed by atoms with Crippen molar-refractivity contribution in [3.63, 3.8) is 0 Å². The second-order valence-electron chi connectivity index (χ2n) is 5.43. The maximum Gasteiger partial charge on any atom is 0.103 e. The first-order valence-corrected chi connectivity index (χ1v) is 7.13. The summed E-state index contributed by atoms with van der Waals surface area (Å²) in [7, 11) is 0. The first kappa shape index (κ1) is 12.5. The molecule has 0 spiro atoms. The molecule has 1 fully saturated rings. The van der Waals surface area contributed by atoms with Gasteiger partial charge in [-0.1, -0.05) is 30.7 Å². The molecule has 0 aliphatic heterocycles. The van der Waals surface area contributed by atoms with Gasteiger partial charge in [0.1, 0.15) is 5.76 Å². The Bertz CT molecular complexity index is 512. The fourth-order valence-electron chi connectivity index (χ4n) is 2.66. The molecule has 19 heavy (non-hydrogen) atoms. The minimum Gasteiger partial charge on any atom is -0.469 e. The van der Waals surface area contributed by atoms with E-state index in [2.05, 4.69) is 18.2 Å². The van der Waals surface area contributed by atoms with Gasteiger partial charge in [0.2, 0.25) is 0 Å². The van der Waals surface area contributed by atoms with Gasteiger partial charge in [0.25, 0.3) is 0 Å². The summed E-state index contributed by atoms with van der Waals surface area (Å²) in [5, 5.41) is 10.3. The Morgan fingerprint density at radius 1 is 1.21 bits per heavy atom. The molecule has 2 heteroatoms. The van der Waals surface area contributed by atoms with Crippen molar-refractivity contribution >= 4 is 0 Å². The smallest absolute Gasteiger partial charge is 0.103 e. The molecule has 2 aromatic rings. The van der Waals surface area contributed by atoms with Crippen LogP contribution in [0.1, 0.15) is 54.6 Å². The molecule has 100 valence electrons. The van der Waals surface area contributed by atoms with Crippen molar-refractivity contribution < 1.29 is 9.52 Å². The highest BCUT2D eigenvalue weighted by Gasteiger charge is 2.20. The third-order valence-corrected chi connectivity index (χ3v) is 4.12. The molecule has 1 aliphatic rings. The van der Waals surface area contributed by atoms with E-state index >= 15 is 0 Å². The number of benzene rings is 1. The first-order chi connectivity index (χ1) is 9.33. The lowest BCUT2D eigenvalue weighted by atomic mass is 9.79. The molecular formula is C17H20O2. The monoisotopic (exact) mass is 256 g/mol. The Labute approximate surface area is 114 Å². The van der Waals surface area contributed by atoms with Crippen LogP contribution >= 0.6 is 0 Å². The highest BCUT2D eigenvalue weighted by atomic mass is 16.3. The summed E-state index contributed by atoms with van der Waals surface area (Å²) < 4.78 is 5.30. The predicted octanol–water partition coefficient (Wildman–Crippen LogP) is 4.21. The molecule has 1 aromatic carbocycles. The van der Waals surface area contributed by atoms with Crippen molar-refractivity contribution in [1.82, 2.24) is 0 Å². The van der Waals surface area contributed by atoms with Crippen LogP contribution in [0, 0.1) is 0 Å². The van der Waals surface area contributed by atoms with Crippen LogP contribution in [0.4, 0.5) is 0 Å². The van der Waals surface area contributed by atoms with Crippen molar-refractivity contribution in [3.8, 4) is 0 Å². The second kappa shape index (κ2) is 5.62. The lowest BCUT2D eigenvalue weighted by Crippen LogP contribution is -2.09. The quantitative estimate of drug-likeness (QED) is 0.869. The summed E-state index contributed by atoms with van der Waals surface area (Å²) in [5.41, 5.74) is 2.43. The Balaban J connectivity index is 1.63. The summed E-state index contributed by atoms with van der Waals surface area (Å²) in [6.07, 6.45) is 6.71. The maximum atomic E-state index is 10.3. The van der Waals surface area contributed by atoms with Crippen LogP contribution in [0.15, 0.2) is 47.1 Å². The zero-order valence-corrected chi connectivity index (χ0v) is 11.1.